The number of hydrogen-bond donors (Lipinski definition) is 0. The molecule has 34 heavy (non-hydrogen) atoms. The molecule has 0 radical (unpaired) electrons. The minimum Gasteiger partial charge on any atom is -1.00 e. The van der Waals surface area contributed by atoms with Crippen LogP contribution in [0.25, 0.3) is 17.2 Å². The summed E-state index contributed by atoms with van der Waals surface area (Å²) in [4.78, 5) is 0. The Labute approximate surface area is 230 Å². The van der Waals surface area contributed by atoms with E-state index in [-0.39, 0.29) is 35.6 Å². The van der Waals surface area contributed by atoms with E-state index in [0.717, 1.165) is 0 Å². The Morgan fingerprint density at radius 2 is 1.12 bits per heavy atom. The molecule has 0 aromatic heterocycles. The van der Waals surface area contributed by atoms with Crippen molar-refractivity contribution in [2.45, 2.75) is 66.5 Å². The summed E-state index contributed by atoms with van der Waals surface area (Å²) in [5.41, 5.74) is 14.0. The Bertz CT molecular complexity index is 1180. The number of rotatable bonds is 2. The van der Waals surface area contributed by atoms with E-state index in [2.05, 4.69) is 115 Å². The van der Waals surface area contributed by atoms with Gasteiger partial charge in [0.25, 0.3) is 0 Å². The molecule has 2 aliphatic rings. The van der Waals surface area contributed by atoms with Crippen LogP contribution in [-0.2, 0) is 34.1 Å². The first-order valence-corrected chi connectivity index (χ1v) is 14.7. The van der Waals surface area contributed by atoms with E-state index < -0.39 is 23.2 Å². The summed E-state index contributed by atoms with van der Waals surface area (Å²) in [6.07, 6.45) is 2.44. The van der Waals surface area contributed by atoms with Crippen molar-refractivity contribution < 1.29 is 48.0 Å². The standard InChI is InChI=1S/C21H25.C10H9.2ClH.Zr/c1-20(2,3)16-7-9-18-14(12-16)11-15-13-17(21(4,5)6)8-10-19(15)18;1-8-6-9-4-2-3-5-10(9)7-8;;;/h7-13H,1-6H3;2-7H,1H3;2*1H;/q;;;;+2/p-2. The molecule has 1 unspecified atom stereocenters. The molecular weight excluding hydrogens is 534 g/mol. The molecule has 0 saturated carbocycles. The van der Waals surface area contributed by atoms with E-state index in [4.69, 9.17) is 0 Å². The van der Waals surface area contributed by atoms with Crippen molar-refractivity contribution in [3.8, 4) is 11.1 Å². The third-order valence-corrected chi connectivity index (χ3v) is 12.3. The van der Waals surface area contributed by atoms with Crippen LogP contribution >= 0.6 is 0 Å². The monoisotopic (exact) mass is 566 g/mol. The summed E-state index contributed by atoms with van der Waals surface area (Å²) in [6.45, 7) is 16.4. The number of benzene rings is 3. The minimum absolute atomic E-state index is 0. The Kier molecular flexibility index (Phi) is 7.85. The molecular formula is C31H34Cl2Zr. The SMILES string of the molecule is CC1=Cc2ccccc2[CH]1[Zr+2][CH]1c2cc(C(C)(C)C)ccc2-c2ccc(C(C)(C)C)cc21.[Cl-].[Cl-]. The topological polar surface area (TPSA) is 0 Å². The van der Waals surface area contributed by atoms with E-state index in [0.29, 0.717) is 7.25 Å². The van der Waals surface area contributed by atoms with Gasteiger partial charge in [-0.25, -0.2) is 0 Å². The summed E-state index contributed by atoms with van der Waals surface area (Å²) < 4.78 is 1.27. The van der Waals surface area contributed by atoms with Crippen LogP contribution in [0.3, 0.4) is 0 Å². The van der Waals surface area contributed by atoms with E-state index in [1.54, 1.807) is 22.3 Å². The molecule has 0 saturated heterocycles. The molecule has 0 N–H and O–H groups in total. The predicted octanol–water partition coefficient (Wildman–Crippen LogP) is 2.60. The van der Waals surface area contributed by atoms with E-state index >= 15 is 0 Å². The molecule has 0 aliphatic heterocycles. The first-order valence-electron chi connectivity index (χ1n) is 11.9. The van der Waals surface area contributed by atoms with Gasteiger partial charge in [0.15, 0.2) is 0 Å². The molecule has 176 valence electrons. The van der Waals surface area contributed by atoms with Crippen LogP contribution in [0, 0.1) is 0 Å². The van der Waals surface area contributed by atoms with Crippen molar-refractivity contribution in [1.29, 1.82) is 0 Å². The van der Waals surface area contributed by atoms with Gasteiger partial charge in [0.05, 0.1) is 0 Å². The van der Waals surface area contributed by atoms with Gasteiger partial charge in [-0.2, -0.15) is 0 Å². The van der Waals surface area contributed by atoms with Gasteiger partial charge in [0.2, 0.25) is 0 Å². The number of hydrogen-bond acceptors (Lipinski definition) is 0. The van der Waals surface area contributed by atoms with E-state index in [1.807, 2.05) is 0 Å². The first-order chi connectivity index (χ1) is 15.0. The molecule has 0 spiro atoms. The van der Waals surface area contributed by atoms with Gasteiger partial charge >= 0.3 is 207 Å². The molecule has 0 nitrogen and oxygen atoms in total. The normalized spacial score (nSPS) is 16.4. The van der Waals surface area contributed by atoms with Gasteiger partial charge in [-0.3, -0.25) is 0 Å². The fraction of sp³-hybridized carbons (Fsp3) is 0.355. The van der Waals surface area contributed by atoms with Crippen LogP contribution in [-0.4, -0.2) is 0 Å². The minimum atomic E-state index is -0.864. The largest absolute Gasteiger partial charge is 1.00 e. The third kappa shape index (κ3) is 4.78. The maximum absolute atomic E-state index is 2.55. The maximum atomic E-state index is 2.55. The molecule has 5 rings (SSSR count). The fourth-order valence-corrected chi connectivity index (χ4v) is 10.1. The van der Waals surface area contributed by atoms with Gasteiger partial charge in [0.1, 0.15) is 0 Å². The van der Waals surface area contributed by atoms with Gasteiger partial charge in [-0.05, 0) is 0 Å². The van der Waals surface area contributed by atoms with Crippen molar-refractivity contribution in [3.63, 3.8) is 0 Å². The zero-order valence-corrected chi connectivity index (χ0v) is 25.2. The number of fused-ring (bicyclic) bond motifs is 4. The number of allylic oxidation sites excluding steroid dienone is 1. The Balaban J connectivity index is 0.00000162. The summed E-state index contributed by atoms with van der Waals surface area (Å²) in [6, 6.07) is 23.7. The Morgan fingerprint density at radius 3 is 1.62 bits per heavy atom. The fourth-order valence-electron chi connectivity index (χ4n) is 5.24. The average molecular weight is 569 g/mol. The Morgan fingerprint density at radius 1 is 0.618 bits per heavy atom. The second kappa shape index (κ2) is 9.73. The maximum Gasteiger partial charge on any atom is -1.00 e. The van der Waals surface area contributed by atoms with Crippen LogP contribution in [0.1, 0.15) is 89.1 Å². The number of halogens is 2. The molecule has 3 aromatic rings. The summed E-state index contributed by atoms with van der Waals surface area (Å²) in [7, 11) is 0. The van der Waals surface area contributed by atoms with Crippen molar-refractivity contribution >= 4 is 6.08 Å². The van der Waals surface area contributed by atoms with Crippen molar-refractivity contribution in [2.24, 2.45) is 0 Å². The smallest absolute Gasteiger partial charge is 1.00 e. The van der Waals surface area contributed by atoms with Crippen LogP contribution < -0.4 is 24.8 Å². The Hall–Kier alpha value is -1.14. The second-order valence-electron chi connectivity index (χ2n) is 11.7. The summed E-state index contributed by atoms with van der Waals surface area (Å²) in [5, 5.41) is 0. The van der Waals surface area contributed by atoms with Gasteiger partial charge in [-0.1, -0.05) is 0 Å². The van der Waals surface area contributed by atoms with Crippen molar-refractivity contribution in [1.82, 2.24) is 0 Å². The van der Waals surface area contributed by atoms with E-state index in [9.17, 15) is 0 Å². The average Bonchev–Trinajstić information content (AvgIpc) is 3.21. The molecule has 0 fully saturated rings. The quantitative estimate of drug-likeness (QED) is 0.446. The molecule has 3 aromatic carbocycles. The first kappa shape index (κ1) is 27.5. The van der Waals surface area contributed by atoms with E-state index in [1.165, 1.54) is 27.8 Å². The van der Waals surface area contributed by atoms with Crippen LogP contribution in [0.15, 0.2) is 66.2 Å². The zero-order chi connectivity index (χ0) is 22.8. The van der Waals surface area contributed by atoms with Crippen molar-refractivity contribution in [3.05, 3.63) is 99.6 Å². The van der Waals surface area contributed by atoms with Gasteiger partial charge in [-0.15, -0.1) is 0 Å². The summed E-state index contributed by atoms with van der Waals surface area (Å²) >= 11 is -0.864. The van der Waals surface area contributed by atoms with Crippen LogP contribution in [0.5, 0.6) is 0 Å². The molecule has 2 aliphatic carbocycles. The molecule has 1 atom stereocenters. The predicted molar refractivity (Wildman–Crippen MR) is 134 cm³/mol. The van der Waals surface area contributed by atoms with Crippen molar-refractivity contribution in [2.75, 3.05) is 0 Å². The van der Waals surface area contributed by atoms with Gasteiger partial charge < -0.3 is 24.8 Å². The van der Waals surface area contributed by atoms with Crippen LogP contribution in [0.4, 0.5) is 0 Å². The zero-order valence-electron chi connectivity index (χ0n) is 21.3. The molecule has 0 amide bonds. The summed E-state index contributed by atoms with van der Waals surface area (Å²) in [5.74, 6) is 0. The molecule has 0 bridgehead atoms. The molecule has 3 heteroatoms. The van der Waals surface area contributed by atoms with Gasteiger partial charge in [0, 0.05) is 0 Å². The third-order valence-electron chi connectivity index (χ3n) is 7.23. The molecule has 0 heterocycles. The van der Waals surface area contributed by atoms with Crippen LogP contribution in [0.2, 0.25) is 0 Å². The second-order valence-corrected chi connectivity index (χ2v) is 15.3.